The van der Waals surface area contributed by atoms with Crippen LogP contribution >= 0.6 is 0 Å². The molecule has 1 aromatic heterocycles. The first-order valence-electron chi connectivity index (χ1n) is 8.88. The van der Waals surface area contributed by atoms with Gasteiger partial charge in [0.2, 0.25) is 0 Å². The van der Waals surface area contributed by atoms with E-state index in [9.17, 15) is 13.2 Å². The summed E-state index contributed by atoms with van der Waals surface area (Å²) in [5, 5.41) is 1.37. The molecule has 5 nitrogen and oxygen atoms in total. The predicted molar refractivity (Wildman–Crippen MR) is 108 cm³/mol. The van der Waals surface area contributed by atoms with Gasteiger partial charge >= 0.3 is 0 Å². The third-order valence-corrected chi connectivity index (χ3v) is 6.35. The standard InChI is InChI=1S/C21H23NO4S/c1-5-26-20-10-8-15(27(24,25)6-2)12-18(20)19-13-22(4)21(23)16-9-7-14(3)11-17(16)19/h7-13H,5-6H2,1-4H3. The first-order valence-corrected chi connectivity index (χ1v) is 10.5. The van der Waals surface area contributed by atoms with E-state index in [-0.39, 0.29) is 16.2 Å². The summed E-state index contributed by atoms with van der Waals surface area (Å²) in [6, 6.07) is 10.6. The second-order valence-electron chi connectivity index (χ2n) is 6.50. The topological polar surface area (TPSA) is 65.4 Å². The summed E-state index contributed by atoms with van der Waals surface area (Å²) in [5.41, 5.74) is 2.36. The fourth-order valence-corrected chi connectivity index (χ4v) is 4.06. The van der Waals surface area contributed by atoms with Gasteiger partial charge in [0, 0.05) is 29.8 Å². The van der Waals surface area contributed by atoms with Gasteiger partial charge in [-0.2, -0.15) is 0 Å². The van der Waals surface area contributed by atoms with Crippen molar-refractivity contribution in [3.8, 4) is 16.9 Å². The molecule has 0 aliphatic rings. The number of rotatable bonds is 5. The van der Waals surface area contributed by atoms with E-state index in [2.05, 4.69) is 0 Å². The fraction of sp³-hybridized carbons (Fsp3) is 0.286. The molecule has 1 heterocycles. The van der Waals surface area contributed by atoms with Gasteiger partial charge in [-0.1, -0.05) is 24.6 Å². The summed E-state index contributed by atoms with van der Waals surface area (Å²) >= 11 is 0. The van der Waals surface area contributed by atoms with Crippen LogP contribution in [0.1, 0.15) is 19.4 Å². The van der Waals surface area contributed by atoms with Gasteiger partial charge in [-0.3, -0.25) is 4.79 Å². The molecule has 3 aromatic rings. The van der Waals surface area contributed by atoms with E-state index in [1.54, 1.807) is 38.4 Å². The third-order valence-electron chi connectivity index (χ3n) is 4.62. The van der Waals surface area contributed by atoms with Crippen molar-refractivity contribution < 1.29 is 13.2 Å². The Morgan fingerprint density at radius 1 is 1.00 bits per heavy atom. The van der Waals surface area contributed by atoms with Gasteiger partial charge in [0.15, 0.2) is 9.84 Å². The molecule has 3 rings (SSSR count). The van der Waals surface area contributed by atoms with Crippen LogP contribution in [0.5, 0.6) is 5.75 Å². The Balaban J connectivity index is 2.42. The van der Waals surface area contributed by atoms with E-state index in [1.807, 2.05) is 32.0 Å². The lowest BCUT2D eigenvalue weighted by molar-refractivity contribution is 0.341. The molecule has 0 fully saturated rings. The molecule has 0 atom stereocenters. The number of nitrogens with zero attached hydrogens (tertiary/aromatic N) is 1. The molecule has 0 unspecified atom stereocenters. The summed E-state index contributed by atoms with van der Waals surface area (Å²) < 4.78 is 32.1. The Morgan fingerprint density at radius 2 is 1.74 bits per heavy atom. The highest BCUT2D eigenvalue weighted by Gasteiger charge is 2.18. The molecule has 0 amide bonds. The van der Waals surface area contributed by atoms with E-state index >= 15 is 0 Å². The molecule has 6 heteroatoms. The summed E-state index contributed by atoms with van der Waals surface area (Å²) in [5.74, 6) is 0.613. The van der Waals surface area contributed by atoms with Crippen LogP contribution in [0.25, 0.3) is 21.9 Å². The summed E-state index contributed by atoms with van der Waals surface area (Å²) in [6.07, 6.45) is 1.74. The van der Waals surface area contributed by atoms with E-state index in [4.69, 9.17) is 4.74 Å². The number of hydrogen-bond donors (Lipinski definition) is 0. The molecular formula is C21H23NO4S. The van der Waals surface area contributed by atoms with Crippen LogP contribution in [0.3, 0.4) is 0 Å². The number of fused-ring (bicyclic) bond motifs is 1. The zero-order chi connectivity index (χ0) is 19.8. The van der Waals surface area contributed by atoms with Gasteiger partial charge in [0.05, 0.1) is 17.3 Å². The van der Waals surface area contributed by atoms with Crippen LogP contribution in [0, 0.1) is 6.92 Å². The van der Waals surface area contributed by atoms with Crippen molar-refractivity contribution in [3.05, 3.63) is 58.5 Å². The minimum Gasteiger partial charge on any atom is -0.493 e. The van der Waals surface area contributed by atoms with Crippen molar-refractivity contribution in [1.29, 1.82) is 0 Å². The maximum absolute atomic E-state index is 12.5. The Morgan fingerprint density at radius 3 is 2.41 bits per heavy atom. The van der Waals surface area contributed by atoms with Crippen LogP contribution < -0.4 is 10.3 Å². The molecule has 0 saturated carbocycles. The van der Waals surface area contributed by atoms with Crippen LogP contribution in [-0.4, -0.2) is 25.3 Å². The normalized spacial score (nSPS) is 11.7. The van der Waals surface area contributed by atoms with Gasteiger partial charge in [0.25, 0.3) is 5.56 Å². The second kappa shape index (κ2) is 7.19. The van der Waals surface area contributed by atoms with Crippen molar-refractivity contribution >= 4 is 20.6 Å². The molecule has 0 N–H and O–H groups in total. The van der Waals surface area contributed by atoms with Crippen LogP contribution in [0.4, 0.5) is 0 Å². The smallest absolute Gasteiger partial charge is 0.258 e. The van der Waals surface area contributed by atoms with Crippen molar-refractivity contribution in [3.63, 3.8) is 0 Å². The number of pyridine rings is 1. The number of aromatic nitrogens is 1. The number of hydrogen-bond acceptors (Lipinski definition) is 4. The molecule has 0 bridgehead atoms. The number of benzene rings is 2. The average molecular weight is 385 g/mol. The van der Waals surface area contributed by atoms with Gasteiger partial charge < -0.3 is 9.30 Å². The van der Waals surface area contributed by atoms with Crippen molar-refractivity contribution in [2.24, 2.45) is 7.05 Å². The molecule has 2 aromatic carbocycles. The average Bonchev–Trinajstić information content (AvgIpc) is 2.65. The number of aryl methyl sites for hydroxylation is 2. The number of ether oxygens (including phenoxy) is 1. The van der Waals surface area contributed by atoms with Crippen molar-refractivity contribution in [2.45, 2.75) is 25.7 Å². The molecule has 0 saturated heterocycles. The van der Waals surface area contributed by atoms with Gasteiger partial charge in [-0.05, 0) is 43.5 Å². The Kier molecular flexibility index (Phi) is 5.11. The van der Waals surface area contributed by atoms with E-state index in [0.717, 1.165) is 16.5 Å². The largest absolute Gasteiger partial charge is 0.493 e. The molecule has 0 aliphatic carbocycles. The molecule has 27 heavy (non-hydrogen) atoms. The maximum atomic E-state index is 12.5. The van der Waals surface area contributed by atoms with Crippen LogP contribution in [0.15, 0.2) is 52.3 Å². The SMILES string of the molecule is CCOc1ccc(S(=O)(=O)CC)cc1-c1cn(C)c(=O)c2ccc(C)cc12. The summed E-state index contributed by atoms with van der Waals surface area (Å²) in [6.45, 7) is 5.91. The van der Waals surface area contributed by atoms with Gasteiger partial charge in [-0.25, -0.2) is 8.42 Å². The summed E-state index contributed by atoms with van der Waals surface area (Å²) in [7, 11) is -1.67. The molecule has 142 valence electrons. The van der Waals surface area contributed by atoms with Crippen molar-refractivity contribution in [1.82, 2.24) is 4.57 Å². The highest BCUT2D eigenvalue weighted by atomic mass is 32.2. The van der Waals surface area contributed by atoms with Gasteiger partial charge in [0.1, 0.15) is 5.75 Å². The summed E-state index contributed by atoms with van der Waals surface area (Å²) in [4.78, 5) is 12.8. The van der Waals surface area contributed by atoms with Crippen LogP contribution in [-0.2, 0) is 16.9 Å². The molecule has 0 spiro atoms. The lowest BCUT2D eigenvalue weighted by atomic mass is 9.98. The number of sulfone groups is 1. The van der Waals surface area contributed by atoms with E-state index < -0.39 is 9.84 Å². The highest BCUT2D eigenvalue weighted by molar-refractivity contribution is 7.91. The van der Waals surface area contributed by atoms with Gasteiger partial charge in [-0.15, -0.1) is 0 Å². The Labute approximate surface area is 159 Å². The Hall–Kier alpha value is -2.60. The molecule has 0 aliphatic heterocycles. The minimum absolute atomic E-state index is 0.0214. The zero-order valence-corrected chi connectivity index (χ0v) is 16.8. The minimum atomic E-state index is -3.36. The Bertz CT molecular complexity index is 1180. The molecule has 0 radical (unpaired) electrons. The monoisotopic (exact) mass is 385 g/mol. The predicted octanol–water partition coefficient (Wildman–Crippen LogP) is 3.71. The lowest BCUT2D eigenvalue weighted by Gasteiger charge is -2.16. The third kappa shape index (κ3) is 3.49. The quantitative estimate of drug-likeness (QED) is 0.672. The maximum Gasteiger partial charge on any atom is 0.258 e. The first kappa shape index (κ1) is 19.2. The van der Waals surface area contributed by atoms with Crippen LogP contribution in [0.2, 0.25) is 0 Å². The lowest BCUT2D eigenvalue weighted by Crippen LogP contribution is -2.16. The fourth-order valence-electron chi connectivity index (χ4n) is 3.15. The zero-order valence-electron chi connectivity index (χ0n) is 15.9. The van der Waals surface area contributed by atoms with Crippen molar-refractivity contribution in [2.75, 3.05) is 12.4 Å². The molecular weight excluding hydrogens is 362 g/mol. The second-order valence-corrected chi connectivity index (χ2v) is 8.78. The first-order chi connectivity index (χ1) is 12.8. The highest BCUT2D eigenvalue weighted by Crippen LogP contribution is 2.36. The van der Waals surface area contributed by atoms with E-state index in [1.165, 1.54) is 4.57 Å². The van der Waals surface area contributed by atoms with E-state index in [0.29, 0.717) is 23.3 Å².